The van der Waals surface area contributed by atoms with Crippen molar-refractivity contribution < 1.29 is 9.53 Å². The Labute approximate surface area is 117 Å². The van der Waals surface area contributed by atoms with Gasteiger partial charge >= 0.3 is 0 Å². The number of amides is 1. The normalized spacial score (nSPS) is 19.3. The second kappa shape index (κ2) is 8.54. The van der Waals surface area contributed by atoms with Crippen LogP contribution < -0.4 is 11.1 Å². The van der Waals surface area contributed by atoms with E-state index in [1.807, 2.05) is 13.8 Å². The lowest BCUT2D eigenvalue weighted by Crippen LogP contribution is -2.45. The molecule has 1 rings (SSSR count). The summed E-state index contributed by atoms with van der Waals surface area (Å²) < 4.78 is 5.48. The molecule has 19 heavy (non-hydrogen) atoms. The van der Waals surface area contributed by atoms with Crippen molar-refractivity contribution in [1.82, 2.24) is 5.32 Å². The lowest BCUT2D eigenvalue weighted by Gasteiger charge is -2.29. The fourth-order valence-corrected chi connectivity index (χ4v) is 2.92. The fraction of sp³-hybridized carbons (Fsp3) is 0.933. The summed E-state index contributed by atoms with van der Waals surface area (Å²) in [6.07, 6.45) is 7.69. The van der Waals surface area contributed by atoms with Gasteiger partial charge in [-0.1, -0.05) is 26.2 Å². The first-order valence-electron chi connectivity index (χ1n) is 7.74. The molecule has 1 fully saturated rings. The third-order valence-corrected chi connectivity index (χ3v) is 4.22. The van der Waals surface area contributed by atoms with Gasteiger partial charge in [-0.15, -0.1) is 0 Å². The van der Waals surface area contributed by atoms with Crippen molar-refractivity contribution in [3.8, 4) is 0 Å². The number of ether oxygens (including phenoxy) is 1. The molecule has 1 unspecified atom stereocenters. The third kappa shape index (κ3) is 5.49. The van der Waals surface area contributed by atoms with Crippen molar-refractivity contribution in [3.63, 3.8) is 0 Å². The van der Waals surface area contributed by atoms with Crippen LogP contribution in [0.4, 0.5) is 0 Å². The van der Waals surface area contributed by atoms with Gasteiger partial charge in [-0.2, -0.15) is 0 Å². The van der Waals surface area contributed by atoms with Crippen molar-refractivity contribution in [3.05, 3.63) is 0 Å². The van der Waals surface area contributed by atoms with Crippen molar-refractivity contribution in [2.75, 3.05) is 19.8 Å². The Morgan fingerprint density at radius 3 is 2.63 bits per heavy atom. The minimum absolute atomic E-state index is 0.00420. The van der Waals surface area contributed by atoms with Gasteiger partial charge in [-0.05, 0) is 38.0 Å². The SMILES string of the molecule is CCCC(N)C(=O)NCC1(CCOCC)CCCC1. The molecule has 1 saturated carbocycles. The molecule has 4 heteroatoms. The second-order valence-corrected chi connectivity index (χ2v) is 5.77. The van der Waals surface area contributed by atoms with Gasteiger partial charge in [0.05, 0.1) is 6.04 Å². The molecule has 0 aromatic carbocycles. The summed E-state index contributed by atoms with van der Waals surface area (Å²) in [5.41, 5.74) is 6.09. The summed E-state index contributed by atoms with van der Waals surface area (Å²) in [6.45, 7) is 6.40. The van der Waals surface area contributed by atoms with Gasteiger partial charge in [0.2, 0.25) is 5.91 Å². The number of nitrogens with two attached hydrogens (primary N) is 1. The molecule has 1 amide bonds. The molecule has 0 radical (unpaired) electrons. The number of carbonyl (C=O) groups is 1. The number of hydrogen-bond acceptors (Lipinski definition) is 3. The number of carbonyl (C=O) groups excluding carboxylic acids is 1. The summed E-state index contributed by atoms with van der Waals surface area (Å²) in [4.78, 5) is 11.9. The first-order chi connectivity index (χ1) is 9.13. The van der Waals surface area contributed by atoms with E-state index in [0.717, 1.165) is 39.0 Å². The van der Waals surface area contributed by atoms with Gasteiger partial charge < -0.3 is 15.8 Å². The molecule has 1 aliphatic rings. The Morgan fingerprint density at radius 2 is 2.05 bits per heavy atom. The molecular weight excluding hydrogens is 240 g/mol. The lowest BCUT2D eigenvalue weighted by molar-refractivity contribution is -0.123. The van der Waals surface area contributed by atoms with Crippen LogP contribution in [0.3, 0.4) is 0 Å². The Balaban J connectivity index is 2.38. The highest BCUT2D eigenvalue weighted by Crippen LogP contribution is 2.40. The highest BCUT2D eigenvalue weighted by atomic mass is 16.5. The number of nitrogens with one attached hydrogen (secondary N) is 1. The second-order valence-electron chi connectivity index (χ2n) is 5.77. The molecule has 0 aromatic rings. The van der Waals surface area contributed by atoms with Crippen LogP contribution in [0.15, 0.2) is 0 Å². The van der Waals surface area contributed by atoms with Crippen molar-refractivity contribution in [2.45, 2.75) is 64.8 Å². The predicted octanol–water partition coefficient (Wildman–Crippen LogP) is 2.22. The minimum Gasteiger partial charge on any atom is -0.382 e. The first-order valence-corrected chi connectivity index (χ1v) is 7.74. The highest BCUT2D eigenvalue weighted by molar-refractivity contribution is 5.81. The maximum atomic E-state index is 11.9. The molecule has 3 N–H and O–H groups in total. The van der Waals surface area contributed by atoms with E-state index < -0.39 is 0 Å². The van der Waals surface area contributed by atoms with Gasteiger partial charge in [0.1, 0.15) is 0 Å². The Kier molecular flexibility index (Phi) is 7.39. The molecule has 1 aliphatic carbocycles. The van der Waals surface area contributed by atoms with Gasteiger partial charge in [0, 0.05) is 19.8 Å². The summed E-state index contributed by atoms with van der Waals surface area (Å²) in [5.74, 6) is 0.00420. The number of hydrogen-bond donors (Lipinski definition) is 2. The molecule has 0 aliphatic heterocycles. The van der Waals surface area contributed by atoms with E-state index in [1.165, 1.54) is 25.7 Å². The predicted molar refractivity (Wildman–Crippen MR) is 77.9 cm³/mol. The molecular formula is C15H30N2O2. The van der Waals surface area contributed by atoms with Crippen LogP contribution in [-0.4, -0.2) is 31.7 Å². The Morgan fingerprint density at radius 1 is 1.37 bits per heavy atom. The molecule has 0 heterocycles. The zero-order valence-corrected chi connectivity index (χ0v) is 12.5. The summed E-state index contributed by atoms with van der Waals surface area (Å²) >= 11 is 0. The maximum absolute atomic E-state index is 11.9. The van der Waals surface area contributed by atoms with E-state index in [4.69, 9.17) is 10.5 Å². The molecule has 0 aromatic heterocycles. The van der Waals surface area contributed by atoms with Crippen molar-refractivity contribution in [1.29, 1.82) is 0 Å². The first kappa shape index (κ1) is 16.4. The van der Waals surface area contributed by atoms with E-state index in [-0.39, 0.29) is 17.4 Å². The van der Waals surface area contributed by atoms with Crippen LogP contribution >= 0.6 is 0 Å². The van der Waals surface area contributed by atoms with Crippen LogP contribution in [0.1, 0.15) is 58.8 Å². The average Bonchev–Trinajstić information content (AvgIpc) is 2.86. The van der Waals surface area contributed by atoms with Gasteiger partial charge in [0.25, 0.3) is 0 Å². The minimum atomic E-state index is -0.352. The third-order valence-electron chi connectivity index (χ3n) is 4.22. The molecule has 0 spiro atoms. The molecule has 1 atom stereocenters. The van der Waals surface area contributed by atoms with Crippen LogP contribution in [0, 0.1) is 5.41 Å². The van der Waals surface area contributed by atoms with Crippen LogP contribution in [0.25, 0.3) is 0 Å². The van der Waals surface area contributed by atoms with Crippen molar-refractivity contribution >= 4 is 5.91 Å². The molecule has 112 valence electrons. The van der Waals surface area contributed by atoms with Gasteiger partial charge in [0.15, 0.2) is 0 Å². The standard InChI is InChI=1S/C15H30N2O2/c1-3-7-13(16)14(18)17-12-15(8-5-6-9-15)10-11-19-4-2/h13H,3-12,16H2,1-2H3,(H,17,18). The zero-order valence-electron chi connectivity index (χ0n) is 12.5. The van der Waals surface area contributed by atoms with E-state index in [1.54, 1.807) is 0 Å². The van der Waals surface area contributed by atoms with E-state index in [9.17, 15) is 4.79 Å². The Bertz CT molecular complexity index is 263. The van der Waals surface area contributed by atoms with Crippen LogP contribution in [-0.2, 0) is 9.53 Å². The monoisotopic (exact) mass is 270 g/mol. The smallest absolute Gasteiger partial charge is 0.236 e. The largest absolute Gasteiger partial charge is 0.382 e. The van der Waals surface area contributed by atoms with E-state index in [2.05, 4.69) is 5.32 Å². The fourth-order valence-electron chi connectivity index (χ4n) is 2.92. The maximum Gasteiger partial charge on any atom is 0.236 e. The van der Waals surface area contributed by atoms with Gasteiger partial charge in [-0.25, -0.2) is 0 Å². The zero-order chi connectivity index (χ0) is 14.1. The van der Waals surface area contributed by atoms with Crippen LogP contribution in [0.5, 0.6) is 0 Å². The summed E-state index contributed by atoms with van der Waals surface area (Å²) in [6, 6.07) is -0.352. The lowest BCUT2D eigenvalue weighted by atomic mass is 9.83. The quantitative estimate of drug-likeness (QED) is 0.631. The van der Waals surface area contributed by atoms with Crippen LogP contribution in [0.2, 0.25) is 0 Å². The van der Waals surface area contributed by atoms with E-state index >= 15 is 0 Å². The molecule has 0 bridgehead atoms. The van der Waals surface area contributed by atoms with E-state index in [0.29, 0.717) is 0 Å². The average molecular weight is 270 g/mol. The molecule has 0 saturated heterocycles. The number of rotatable bonds is 9. The highest BCUT2D eigenvalue weighted by Gasteiger charge is 2.34. The summed E-state index contributed by atoms with van der Waals surface area (Å²) in [5, 5.41) is 3.06. The summed E-state index contributed by atoms with van der Waals surface area (Å²) in [7, 11) is 0. The topological polar surface area (TPSA) is 64.4 Å². The molecule has 4 nitrogen and oxygen atoms in total. The Hall–Kier alpha value is -0.610. The van der Waals surface area contributed by atoms with Crippen molar-refractivity contribution in [2.24, 2.45) is 11.1 Å². The van der Waals surface area contributed by atoms with Gasteiger partial charge in [-0.3, -0.25) is 4.79 Å².